The highest BCUT2D eigenvalue weighted by molar-refractivity contribution is 5.87. The third-order valence-corrected chi connectivity index (χ3v) is 3.01. The van der Waals surface area contributed by atoms with Gasteiger partial charge in [-0.2, -0.15) is 0 Å². The Labute approximate surface area is 114 Å². The van der Waals surface area contributed by atoms with Crippen LogP contribution in [0.25, 0.3) is 0 Å². The van der Waals surface area contributed by atoms with Crippen LogP contribution < -0.4 is 16.4 Å². The molecule has 6 heteroatoms. The van der Waals surface area contributed by atoms with Crippen LogP contribution in [0.1, 0.15) is 39.5 Å². The van der Waals surface area contributed by atoms with Crippen LogP contribution in [0.5, 0.6) is 0 Å². The number of nitrogens with one attached hydrogen (secondary N) is 2. The highest BCUT2D eigenvalue weighted by Gasteiger charge is 2.13. The third kappa shape index (κ3) is 8.45. The smallest absolute Gasteiger partial charge is 0.222 e. The number of carbonyl (C=O) groups excluding carboxylic acids is 3. The number of amides is 1. The summed E-state index contributed by atoms with van der Waals surface area (Å²) in [5.74, 6) is -0.271. The molecule has 0 fully saturated rings. The lowest BCUT2D eigenvalue weighted by atomic mass is 10.1. The molecule has 0 radical (unpaired) electrons. The van der Waals surface area contributed by atoms with Gasteiger partial charge < -0.3 is 16.4 Å². The molecule has 0 aliphatic rings. The van der Waals surface area contributed by atoms with Crippen molar-refractivity contribution >= 4 is 17.5 Å². The van der Waals surface area contributed by atoms with Crippen molar-refractivity contribution in [3.05, 3.63) is 0 Å². The van der Waals surface area contributed by atoms with E-state index in [0.717, 1.165) is 19.3 Å². The molecule has 0 aromatic carbocycles. The summed E-state index contributed by atoms with van der Waals surface area (Å²) in [6.07, 6.45) is 2.44. The van der Waals surface area contributed by atoms with Crippen molar-refractivity contribution in [2.45, 2.75) is 51.6 Å². The van der Waals surface area contributed by atoms with Crippen LogP contribution in [-0.4, -0.2) is 43.1 Å². The average molecular weight is 271 g/mol. The van der Waals surface area contributed by atoms with Crippen molar-refractivity contribution in [2.75, 3.05) is 13.6 Å². The number of unbranched alkanes of at least 4 members (excludes halogenated alkanes) is 1. The van der Waals surface area contributed by atoms with Crippen molar-refractivity contribution in [2.24, 2.45) is 5.73 Å². The molecule has 0 aromatic rings. The number of rotatable bonds is 10. The summed E-state index contributed by atoms with van der Waals surface area (Å²) >= 11 is 0. The molecule has 0 aliphatic carbocycles. The van der Waals surface area contributed by atoms with Gasteiger partial charge in [-0.1, -0.05) is 0 Å². The molecule has 2 atom stereocenters. The second-order valence-electron chi connectivity index (χ2n) is 4.72. The normalized spacial score (nSPS) is 13.7. The van der Waals surface area contributed by atoms with Crippen LogP contribution in [0.15, 0.2) is 0 Å². The molecule has 0 unspecified atom stereocenters. The molecule has 1 amide bonds. The maximum Gasteiger partial charge on any atom is 0.222 e. The van der Waals surface area contributed by atoms with Crippen molar-refractivity contribution < 1.29 is 14.4 Å². The SMILES string of the molecule is CN[C@@H](CCCCNC(=O)C[C@H](N)C(C)=O)C(C)=O. The Bertz CT molecular complexity index is 318. The molecule has 0 rings (SSSR count). The molecule has 0 saturated carbocycles. The maximum atomic E-state index is 11.4. The fraction of sp³-hybridized carbons (Fsp3) is 0.769. The Morgan fingerprint density at radius 3 is 2.21 bits per heavy atom. The molecular formula is C13H25N3O3. The summed E-state index contributed by atoms with van der Waals surface area (Å²) in [5, 5.41) is 5.66. The van der Waals surface area contributed by atoms with E-state index in [4.69, 9.17) is 5.73 Å². The van der Waals surface area contributed by atoms with Gasteiger partial charge in [0, 0.05) is 13.0 Å². The van der Waals surface area contributed by atoms with E-state index >= 15 is 0 Å². The number of carbonyl (C=O) groups is 3. The lowest BCUT2D eigenvalue weighted by Crippen LogP contribution is -2.36. The Hall–Kier alpha value is -1.27. The van der Waals surface area contributed by atoms with Crippen molar-refractivity contribution in [1.29, 1.82) is 0 Å². The summed E-state index contributed by atoms with van der Waals surface area (Å²) in [6.45, 7) is 3.47. The van der Waals surface area contributed by atoms with Crippen LogP contribution >= 0.6 is 0 Å². The standard InChI is InChI=1S/C13H25N3O3/c1-9(17)11(14)8-13(19)16-7-5-4-6-12(15-3)10(2)18/h11-12,15H,4-8,14H2,1-3H3,(H,16,19)/t11-,12-/m0/s1. The topological polar surface area (TPSA) is 101 Å². The van der Waals surface area contributed by atoms with E-state index in [1.54, 1.807) is 14.0 Å². The Kier molecular flexibility index (Phi) is 8.99. The van der Waals surface area contributed by atoms with E-state index in [1.807, 2.05) is 0 Å². The molecule has 0 bridgehead atoms. The molecule has 0 aliphatic heterocycles. The summed E-state index contributed by atoms with van der Waals surface area (Å²) < 4.78 is 0. The minimum absolute atomic E-state index is 0.0297. The van der Waals surface area contributed by atoms with Crippen LogP contribution in [0.3, 0.4) is 0 Å². The van der Waals surface area contributed by atoms with E-state index in [2.05, 4.69) is 10.6 Å². The second-order valence-corrected chi connectivity index (χ2v) is 4.72. The molecule has 4 N–H and O–H groups in total. The molecule has 0 spiro atoms. The number of likely N-dealkylation sites (N-methyl/N-ethyl adjacent to an activating group) is 1. The average Bonchev–Trinajstić information content (AvgIpc) is 2.32. The van der Waals surface area contributed by atoms with Gasteiger partial charge in [0.25, 0.3) is 0 Å². The van der Waals surface area contributed by atoms with Crippen molar-refractivity contribution in [3.8, 4) is 0 Å². The molecule has 110 valence electrons. The van der Waals surface area contributed by atoms with Gasteiger partial charge in [-0.15, -0.1) is 0 Å². The van der Waals surface area contributed by atoms with Gasteiger partial charge in [0.05, 0.1) is 12.1 Å². The fourth-order valence-corrected chi connectivity index (χ4v) is 1.67. The van der Waals surface area contributed by atoms with Crippen LogP contribution in [0.2, 0.25) is 0 Å². The Morgan fingerprint density at radius 1 is 1.11 bits per heavy atom. The first-order valence-corrected chi connectivity index (χ1v) is 6.59. The van der Waals surface area contributed by atoms with Crippen LogP contribution in [0, 0.1) is 0 Å². The first kappa shape index (κ1) is 17.7. The number of hydrogen-bond acceptors (Lipinski definition) is 5. The second kappa shape index (κ2) is 9.63. The first-order chi connectivity index (χ1) is 8.88. The van der Waals surface area contributed by atoms with Crippen LogP contribution in [-0.2, 0) is 14.4 Å². The van der Waals surface area contributed by atoms with Gasteiger partial charge in [0.2, 0.25) is 5.91 Å². The molecular weight excluding hydrogens is 246 g/mol. The summed E-state index contributed by atoms with van der Waals surface area (Å²) in [5.41, 5.74) is 5.48. The van der Waals surface area contributed by atoms with E-state index in [0.29, 0.717) is 6.54 Å². The quantitative estimate of drug-likeness (QED) is 0.476. The van der Waals surface area contributed by atoms with Crippen LogP contribution in [0.4, 0.5) is 0 Å². The zero-order chi connectivity index (χ0) is 14.8. The minimum atomic E-state index is -0.716. The highest BCUT2D eigenvalue weighted by atomic mass is 16.2. The Balaban J connectivity index is 3.67. The monoisotopic (exact) mass is 271 g/mol. The number of nitrogens with two attached hydrogens (primary N) is 1. The van der Waals surface area contributed by atoms with E-state index < -0.39 is 6.04 Å². The van der Waals surface area contributed by atoms with Crippen molar-refractivity contribution in [1.82, 2.24) is 10.6 Å². The molecule has 19 heavy (non-hydrogen) atoms. The van der Waals surface area contributed by atoms with E-state index in [-0.39, 0.29) is 29.9 Å². The van der Waals surface area contributed by atoms with E-state index in [1.165, 1.54) is 6.92 Å². The van der Waals surface area contributed by atoms with Gasteiger partial charge in [0.1, 0.15) is 11.6 Å². The van der Waals surface area contributed by atoms with Gasteiger partial charge in [-0.3, -0.25) is 14.4 Å². The highest BCUT2D eigenvalue weighted by Crippen LogP contribution is 2.01. The summed E-state index contributed by atoms with van der Waals surface area (Å²) in [7, 11) is 1.76. The molecule has 0 saturated heterocycles. The molecule has 0 aromatic heterocycles. The van der Waals surface area contributed by atoms with Gasteiger partial charge in [-0.25, -0.2) is 0 Å². The Morgan fingerprint density at radius 2 is 1.74 bits per heavy atom. The number of hydrogen-bond donors (Lipinski definition) is 3. The zero-order valence-electron chi connectivity index (χ0n) is 12.0. The largest absolute Gasteiger partial charge is 0.356 e. The van der Waals surface area contributed by atoms with Gasteiger partial charge >= 0.3 is 0 Å². The molecule has 6 nitrogen and oxygen atoms in total. The lowest BCUT2D eigenvalue weighted by Gasteiger charge is -2.12. The summed E-state index contributed by atoms with van der Waals surface area (Å²) in [6, 6.07) is -0.826. The summed E-state index contributed by atoms with van der Waals surface area (Å²) in [4.78, 5) is 33.4. The van der Waals surface area contributed by atoms with Gasteiger partial charge in [-0.05, 0) is 40.2 Å². The number of Topliss-reactive ketones (excluding diaryl/α,β-unsaturated/α-hetero) is 2. The lowest BCUT2D eigenvalue weighted by molar-refractivity contribution is -0.125. The van der Waals surface area contributed by atoms with E-state index in [9.17, 15) is 14.4 Å². The number of ketones is 2. The fourth-order valence-electron chi connectivity index (χ4n) is 1.67. The van der Waals surface area contributed by atoms with Crippen molar-refractivity contribution in [3.63, 3.8) is 0 Å². The first-order valence-electron chi connectivity index (χ1n) is 6.59. The van der Waals surface area contributed by atoms with Gasteiger partial charge in [0.15, 0.2) is 0 Å². The molecule has 0 heterocycles. The minimum Gasteiger partial charge on any atom is -0.356 e. The predicted molar refractivity (Wildman–Crippen MR) is 73.7 cm³/mol. The maximum absolute atomic E-state index is 11.4. The zero-order valence-corrected chi connectivity index (χ0v) is 12.0. The predicted octanol–water partition coefficient (Wildman–Crippen LogP) is -0.244. The third-order valence-electron chi connectivity index (χ3n) is 3.01.